The SMILES string of the molecule is CNc1nc(C)c(-c2ccc(OC)c(SNc3ccccc3)c2)s1. The van der Waals surface area contributed by atoms with Gasteiger partial charge in [0.2, 0.25) is 0 Å². The molecular weight excluding hydrogens is 338 g/mol. The van der Waals surface area contributed by atoms with E-state index in [-0.39, 0.29) is 0 Å². The second kappa shape index (κ2) is 7.59. The summed E-state index contributed by atoms with van der Waals surface area (Å²) in [6, 6.07) is 16.3. The van der Waals surface area contributed by atoms with E-state index in [1.54, 1.807) is 30.4 Å². The van der Waals surface area contributed by atoms with Gasteiger partial charge in [0.25, 0.3) is 0 Å². The summed E-state index contributed by atoms with van der Waals surface area (Å²) in [5, 5.41) is 4.03. The molecule has 2 aromatic carbocycles. The summed E-state index contributed by atoms with van der Waals surface area (Å²) in [4.78, 5) is 6.73. The smallest absolute Gasteiger partial charge is 0.183 e. The minimum Gasteiger partial charge on any atom is -0.496 e. The average molecular weight is 358 g/mol. The molecule has 0 atom stereocenters. The third-order valence-corrected chi connectivity index (χ3v) is 5.59. The Hall–Kier alpha value is -2.18. The lowest BCUT2D eigenvalue weighted by Gasteiger charge is -2.11. The number of thiazole rings is 1. The third-order valence-electron chi connectivity index (χ3n) is 3.49. The van der Waals surface area contributed by atoms with Crippen molar-refractivity contribution in [2.45, 2.75) is 11.8 Å². The Labute approximate surface area is 150 Å². The van der Waals surface area contributed by atoms with Gasteiger partial charge in [-0.15, -0.1) is 0 Å². The van der Waals surface area contributed by atoms with Crippen molar-refractivity contribution in [3.63, 3.8) is 0 Å². The van der Waals surface area contributed by atoms with Crippen LogP contribution in [0.3, 0.4) is 0 Å². The second-order valence-corrected chi connectivity index (χ2v) is 6.97. The van der Waals surface area contributed by atoms with Gasteiger partial charge < -0.3 is 14.8 Å². The molecule has 4 nitrogen and oxygen atoms in total. The fourth-order valence-corrected chi connectivity index (χ4v) is 4.01. The van der Waals surface area contributed by atoms with Crippen molar-refractivity contribution in [3.05, 3.63) is 54.2 Å². The average Bonchev–Trinajstić information content (AvgIpc) is 3.01. The molecule has 1 aromatic heterocycles. The highest BCUT2D eigenvalue weighted by molar-refractivity contribution is 8.00. The predicted octanol–water partition coefficient (Wildman–Crippen LogP) is 5.29. The maximum absolute atomic E-state index is 5.50. The van der Waals surface area contributed by atoms with Gasteiger partial charge in [0.15, 0.2) is 5.13 Å². The van der Waals surface area contributed by atoms with Crippen molar-refractivity contribution in [2.75, 3.05) is 24.2 Å². The number of benzene rings is 2. The van der Waals surface area contributed by atoms with Crippen LogP contribution in [-0.2, 0) is 0 Å². The number of nitrogens with one attached hydrogen (secondary N) is 2. The summed E-state index contributed by atoms with van der Waals surface area (Å²) >= 11 is 3.20. The molecule has 0 bridgehead atoms. The fourth-order valence-electron chi connectivity index (χ4n) is 2.29. The number of hydrogen-bond acceptors (Lipinski definition) is 6. The Kier molecular flexibility index (Phi) is 5.27. The zero-order valence-electron chi connectivity index (χ0n) is 13.8. The number of nitrogens with zero attached hydrogens (tertiary/aromatic N) is 1. The van der Waals surface area contributed by atoms with Crippen molar-refractivity contribution in [2.24, 2.45) is 0 Å². The van der Waals surface area contributed by atoms with Crippen LogP contribution in [0.4, 0.5) is 10.8 Å². The summed E-state index contributed by atoms with van der Waals surface area (Å²) in [5.41, 5.74) is 3.23. The van der Waals surface area contributed by atoms with E-state index in [1.807, 2.05) is 50.4 Å². The normalized spacial score (nSPS) is 10.5. The maximum atomic E-state index is 5.50. The summed E-state index contributed by atoms with van der Waals surface area (Å²) < 4.78 is 8.85. The minimum atomic E-state index is 0.850. The number of aryl methyl sites for hydroxylation is 1. The molecule has 6 heteroatoms. The van der Waals surface area contributed by atoms with Gasteiger partial charge >= 0.3 is 0 Å². The molecule has 3 rings (SSSR count). The Morgan fingerprint density at radius 2 is 1.92 bits per heavy atom. The lowest BCUT2D eigenvalue weighted by molar-refractivity contribution is 0.405. The highest BCUT2D eigenvalue weighted by Crippen LogP contribution is 2.38. The van der Waals surface area contributed by atoms with Gasteiger partial charge in [-0.25, -0.2) is 4.98 Å². The van der Waals surface area contributed by atoms with E-state index in [9.17, 15) is 0 Å². The standard InChI is InChI=1S/C18H19N3OS2/c1-12-17(23-18(19-2)20-12)13-9-10-15(22-3)16(11-13)24-21-14-7-5-4-6-8-14/h4-11,21H,1-3H3,(H,19,20). The summed E-state index contributed by atoms with van der Waals surface area (Å²) in [7, 11) is 3.58. The molecule has 0 amide bonds. The van der Waals surface area contributed by atoms with Crippen LogP contribution in [0.5, 0.6) is 5.75 Å². The van der Waals surface area contributed by atoms with Crippen molar-refractivity contribution >= 4 is 34.1 Å². The molecule has 3 aromatic rings. The van der Waals surface area contributed by atoms with E-state index in [1.165, 1.54) is 4.88 Å². The molecule has 1 heterocycles. The van der Waals surface area contributed by atoms with Gasteiger partial charge in [-0.2, -0.15) is 0 Å². The Balaban J connectivity index is 1.88. The summed E-state index contributed by atoms with van der Waals surface area (Å²) in [6.45, 7) is 2.03. The number of rotatable bonds is 6. The van der Waals surface area contributed by atoms with Gasteiger partial charge in [0.05, 0.1) is 22.6 Å². The van der Waals surface area contributed by atoms with Crippen LogP contribution in [0, 0.1) is 6.92 Å². The quantitative estimate of drug-likeness (QED) is 0.587. The first-order chi connectivity index (χ1) is 11.7. The summed E-state index contributed by atoms with van der Waals surface area (Å²) in [6.07, 6.45) is 0. The maximum Gasteiger partial charge on any atom is 0.183 e. The Bertz CT molecular complexity index is 818. The number of anilines is 2. The molecule has 0 aliphatic heterocycles. The number of ether oxygens (including phenoxy) is 1. The Morgan fingerprint density at radius 1 is 1.12 bits per heavy atom. The first-order valence-corrected chi connectivity index (χ1v) is 9.16. The molecular formula is C18H19N3OS2. The molecule has 0 unspecified atom stereocenters. The number of hydrogen-bond donors (Lipinski definition) is 2. The molecule has 0 radical (unpaired) electrons. The Morgan fingerprint density at radius 3 is 2.58 bits per heavy atom. The molecule has 0 saturated heterocycles. The van der Waals surface area contributed by atoms with E-state index in [2.05, 4.69) is 27.2 Å². The number of methoxy groups -OCH3 is 1. The zero-order chi connectivity index (χ0) is 16.9. The minimum absolute atomic E-state index is 0.850. The molecule has 0 aliphatic carbocycles. The van der Waals surface area contributed by atoms with Gasteiger partial charge in [0, 0.05) is 12.7 Å². The first-order valence-electron chi connectivity index (χ1n) is 7.52. The molecule has 0 saturated carbocycles. The van der Waals surface area contributed by atoms with Crippen LogP contribution in [0.2, 0.25) is 0 Å². The monoisotopic (exact) mass is 357 g/mol. The predicted molar refractivity (Wildman–Crippen MR) is 104 cm³/mol. The zero-order valence-corrected chi connectivity index (χ0v) is 15.4. The second-order valence-electron chi connectivity index (χ2n) is 5.12. The highest BCUT2D eigenvalue weighted by Gasteiger charge is 2.12. The van der Waals surface area contributed by atoms with E-state index in [0.717, 1.165) is 32.7 Å². The molecule has 2 N–H and O–H groups in total. The first kappa shape index (κ1) is 16.7. The molecule has 0 spiro atoms. The van der Waals surface area contributed by atoms with Crippen LogP contribution in [0.1, 0.15) is 5.69 Å². The lowest BCUT2D eigenvalue weighted by Crippen LogP contribution is -1.91. The number of aromatic nitrogens is 1. The third kappa shape index (κ3) is 3.66. The molecule has 0 aliphatic rings. The number of para-hydroxylation sites is 1. The van der Waals surface area contributed by atoms with Gasteiger partial charge in [-0.3, -0.25) is 0 Å². The van der Waals surface area contributed by atoms with E-state index < -0.39 is 0 Å². The topological polar surface area (TPSA) is 46.2 Å². The van der Waals surface area contributed by atoms with Crippen LogP contribution in [-0.4, -0.2) is 19.1 Å². The largest absolute Gasteiger partial charge is 0.496 e. The van der Waals surface area contributed by atoms with Gasteiger partial charge in [-0.05, 0) is 54.8 Å². The van der Waals surface area contributed by atoms with Crippen molar-refractivity contribution < 1.29 is 4.74 Å². The van der Waals surface area contributed by atoms with Gasteiger partial charge in [-0.1, -0.05) is 29.5 Å². The van der Waals surface area contributed by atoms with E-state index in [0.29, 0.717) is 0 Å². The van der Waals surface area contributed by atoms with Crippen LogP contribution in [0.15, 0.2) is 53.4 Å². The highest BCUT2D eigenvalue weighted by atomic mass is 32.2. The van der Waals surface area contributed by atoms with Crippen LogP contribution < -0.4 is 14.8 Å². The van der Waals surface area contributed by atoms with E-state index in [4.69, 9.17) is 4.74 Å². The van der Waals surface area contributed by atoms with Crippen molar-refractivity contribution in [3.8, 4) is 16.2 Å². The summed E-state index contributed by atoms with van der Waals surface area (Å²) in [5.74, 6) is 0.850. The van der Waals surface area contributed by atoms with Crippen molar-refractivity contribution in [1.29, 1.82) is 0 Å². The van der Waals surface area contributed by atoms with Crippen LogP contribution in [0.25, 0.3) is 10.4 Å². The van der Waals surface area contributed by atoms with E-state index >= 15 is 0 Å². The fraction of sp³-hybridized carbons (Fsp3) is 0.167. The molecule has 0 fully saturated rings. The molecule has 124 valence electrons. The molecule has 24 heavy (non-hydrogen) atoms. The van der Waals surface area contributed by atoms with Gasteiger partial charge in [0.1, 0.15) is 5.75 Å². The van der Waals surface area contributed by atoms with Crippen molar-refractivity contribution in [1.82, 2.24) is 4.98 Å². The van der Waals surface area contributed by atoms with Crippen LogP contribution >= 0.6 is 23.3 Å². The lowest BCUT2D eigenvalue weighted by atomic mass is 10.1.